The molecule has 3 N–H and O–H groups in total. The molecule has 0 radical (unpaired) electrons. The third kappa shape index (κ3) is 2.72. The van der Waals surface area contributed by atoms with Crippen LogP contribution in [-0.2, 0) is 0 Å². The Balaban J connectivity index is 2.37. The molecule has 2 heterocycles. The van der Waals surface area contributed by atoms with Gasteiger partial charge in [-0.05, 0) is 26.8 Å². The molecular weight excluding hydrogens is 218 g/mol. The number of hydrogen-bond acceptors (Lipinski definition) is 5. The molecule has 0 aliphatic heterocycles. The molecule has 0 aliphatic carbocycles. The molecule has 0 fully saturated rings. The summed E-state index contributed by atoms with van der Waals surface area (Å²) < 4.78 is 5.49. The maximum absolute atomic E-state index is 5.64. The molecule has 0 unspecified atom stereocenters. The number of rotatable bonds is 3. The van der Waals surface area contributed by atoms with Crippen molar-refractivity contribution in [1.82, 2.24) is 20.2 Å². The number of anilines is 1. The standard InChI is InChI=1S/C11H15N5O/c1-6(2)17-10-5-8(13-11(12)14-10)9-4-7(3)15-16-9/h4-6H,1-3H3,(H,15,16)(H2,12,13,14). The average molecular weight is 233 g/mol. The predicted molar refractivity (Wildman–Crippen MR) is 64.5 cm³/mol. The van der Waals surface area contributed by atoms with Gasteiger partial charge in [-0.1, -0.05) is 0 Å². The Morgan fingerprint density at radius 2 is 2.00 bits per heavy atom. The molecular formula is C11H15N5O. The third-order valence-electron chi connectivity index (χ3n) is 2.04. The molecule has 0 amide bonds. The van der Waals surface area contributed by atoms with Crippen molar-refractivity contribution in [3.05, 3.63) is 17.8 Å². The second-order valence-electron chi connectivity index (χ2n) is 4.05. The minimum absolute atomic E-state index is 0.0399. The Bertz CT molecular complexity index is 520. The summed E-state index contributed by atoms with van der Waals surface area (Å²) in [5, 5.41) is 6.98. The van der Waals surface area contributed by atoms with Crippen LogP contribution in [-0.4, -0.2) is 26.3 Å². The van der Waals surface area contributed by atoms with E-state index in [1.165, 1.54) is 0 Å². The first kappa shape index (κ1) is 11.4. The van der Waals surface area contributed by atoms with Crippen molar-refractivity contribution >= 4 is 5.95 Å². The van der Waals surface area contributed by atoms with Gasteiger partial charge in [0.2, 0.25) is 11.8 Å². The summed E-state index contributed by atoms with van der Waals surface area (Å²) in [5.41, 5.74) is 7.98. The number of H-pyrrole nitrogens is 1. The summed E-state index contributed by atoms with van der Waals surface area (Å²) in [7, 11) is 0. The molecule has 6 heteroatoms. The molecule has 0 bridgehead atoms. The van der Waals surface area contributed by atoms with E-state index in [-0.39, 0.29) is 12.1 Å². The second kappa shape index (κ2) is 4.40. The van der Waals surface area contributed by atoms with E-state index in [9.17, 15) is 0 Å². The minimum atomic E-state index is 0.0399. The maximum Gasteiger partial charge on any atom is 0.223 e. The van der Waals surface area contributed by atoms with Gasteiger partial charge in [0.05, 0.1) is 11.8 Å². The van der Waals surface area contributed by atoms with E-state index >= 15 is 0 Å². The zero-order valence-corrected chi connectivity index (χ0v) is 10.1. The van der Waals surface area contributed by atoms with Crippen molar-refractivity contribution in [2.45, 2.75) is 26.9 Å². The quantitative estimate of drug-likeness (QED) is 0.839. The molecule has 2 aromatic rings. The normalized spacial score (nSPS) is 10.8. The lowest BCUT2D eigenvalue weighted by Crippen LogP contribution is -2.08. The smallest absolute Gasteiger partial charge is 0.223 e. The van der Waals surface area contributed by atoms with E-state index in [1.54, 1.807) is 6.07 Å². The number of aromatic amines is 1. The van der Waals surface area contributed by atoms with Crippen LogP contribution in [0.4, 0.5) is 5.95 Å². The molecule has 2 aromatic heterocycles. The number of nitrogen functional groups attached to an aromatic ring is 1. The van der Waals surface area contributed by atoms with Crippen molar-refractivity contribution in [2.24, 2.45) is 0 Å². The summed E-state index contributed by atoms with van der Waals surface area (Å²) in [4.78, 5) is 8.14. The van der Waals surface area contributed by atoms with Crippen LogP contribution in [0.15, 0.2) is 12.1 Å². The second-order valence-corrected chi connectivity index (χ2v) is 4.05. The first-order valence-electron chi connectivity index (χ1n) is 5.38. The van der Waals surface area contributed by atoms with Crippen LogP contribution >= 0.6 is 0 Å². The van der Waals surface area contributed by atoms with Crippen LogP contribution in [0.5, 0.6) is 5.88 Å². The molecule has 0 saturated heterocycles. The summed E-state index contributed by atoms with van der Waals surface area (Å²) in [6.45, 7) is 5.78. The molecule has 0 atom stereocenters. The Labute approximate surface area is 99.2 Å². The fourth-order valence-corrected chi connectivity index (χ4v) is 1.43. The van der Waals surface area contributed by atoms with Crippen LogP contribution in [0.25, 0.3) is 11.4 Å². The van der Waals surface area contributed by atoms with E-state index in [2.05, 4.69) is 20.2 Å². The van der Waals surface area contributed by atoms with Gasteiger partial charge in [-0.15, -0.1) is 0 Å². The average Bonchev–Trinajstić information content (AvgIpc) is 2.62. The lowest BCUT2D eigenvalue weighted by atomic mass is 10.3. The highest BCUT2D eigenvalue weighted by Crippen LogP contribution is 2.21. The van der Waals surface area contributed by atoms with Crippen LogP contribution in [0, 0.1) is 6.92 Å². The Kier molecular flexibility index (Phi) is 2.95. The van der Waals surface area contributed by atoms with Gasteiger partial charge in [0.1, 0.15) is 5.69 Å². The number of hydrogen-bond donors (Lipinski definition) is 2. The number of nitrogens with one attached hydrogen (secondary N) is 1. The minimum Gasteiger partial charge on any atom is -0.475 e. The van der Waals surface area contributed by atoms with Crippen molar-refractivity contribution in [3.63, 3.8) is 0 Å². The lowest BCUT2D eigenvalue weighted by Gasteiger charge is -2.09. The number of ether oxygens (including phenoxy) is 1. The van der Waals surface area contributed by atoms with Crippen molar-refractivity contribution in [2.75, 3.05) is 5.73 Å². The molecule has 0 aromatic carbocycles. The zero-order chi connectivity index (χ0) is 12.4. The molecule has 90 valence electrons. The summed E-state index contributed by atoms with van der Waals surface area (Å²) in [6.07, 6.45) is 0.0399. The van der Waals surface area contributed by atoms with Crippen LogP contribution in [0.2, 0.25) is 0 Å². The van der Waals surface area contributed by atoms with Crippen molar-refractivity contribution < 1.29 is 4.74 Å². The fourth-order valence-electron chi connectivity index (χ4n) is 1.43. The number of nitrogens with two attached hydrogens (primary N) is 1. The van der Waals surface area contributed by atoms with Gasteiger partial charge in [-0.25, -0.2) is 4.98 Å². The third-order valence-corrected chi connectivity index (χ3v) is 2.04. The molecule has 17 heavy (non-hydrogen) atoms. The first-order valence-corrected chi connectivity index (χ1v) is 5.38. The Morgan fingerprint density at radius 1 is 1.24 bits per heavy atom. The number of aromatic nitrogens is 4. The van der Waals surface area contributed by atoms with Crippen molar-refractivity contribution in [1.29, 1.82) is 0 Å². The van der Waals surface area contributed by atoms with Gasteiger partial charge in [-0.2, -0.15) is 10.1 Å². The van der Waals surface area contributed by atoms with Gasteiger partial charge in [-0.3, -0.25) is 5.10 Å². The highest BCUT2D eigenvalue weighted by atomic mass is 16.5. The molecule has 0 spiro atoms. The van der Waals surface area contributed by atoms with E-state index in [1.807, 2.05) is 26.8 Å². The van der Waals surface area contributed by atoms with Gasteiger partial charge in [0.25, 0.3) is 0 Å². The van der Waals surface area contributed by atoms with Crippen LogP contribution in [0.3, 0.4) is 0 Å². The topological polar surface area (TPSA) is 89.7 Å². The highest BCUT2D eigenvalue weighted by Gasteiger charge is 2.09. The fraction of sp³-hybridized carbons (Fsp3) is 0.364. The van der Waals surface area contributed by atoms with Crippen LogP contribution in [0.1, 0.15) is 19.5 Å². The van der Waals surface area contributed by atoms with Gasteiger partial charge in [0.15, 0.2) is 0 Å². The molecule has 0 saturated carbocycles. The molecule has 6 nitrogen and oxygen atoms in total. The molecule has 0 aliphatic rings. The van der Waals surface area contributed by atoms with E-state index in [4.69, 9.17) is 10.5 Å². The van der Waals surface area contributed by atoms with Gasteiger partial charge >= 0.3 is 0 Å². The van der Waals surface area contributed by atoms with E-state index < -0.39 is 0 Å². The van der Waals surface area contributed by atoms with Gasteiger partial charge in [0, 0.05) is 11.8 Å². The van der Waals surface area contributed by atoms with E-state index in [0.29, 0.717) is 11.6 Å². The van der Waals surface area contributed by atoms with E-state index in [0.717, 1.165) is 11.4 Å². The van der Waals surface area contributed by atoms with Crippen LogP contribution < -0.4 is 10.5 Å². The zero-order valence-electron chi connectivity index (χ0n) is 10.1. The summed E-state index contributed by atoms with van der Waals surface area (Å²) in [6, 6.07) is 3.62. The molecule has 2 rings (SSSR count). The monoisotopic (exact) mass is 233 g/mol. The SMILES string of the molecule is Cc1cc(-c2cc(OC(C)C)nc(N)n2)n[nH]1. The lowest BCUT2D eigenvalue weighted by molar-refractivity contribution is 0.233. The Hall–Kier alpha value is -2.11. The van der Waals surface area contributed by atoms with Crippen molar-refractivity contribution in [3.8, 4) is 17.3 Å². The summed E-state index contributed by atoms with van der Waals surface area (Å²) in [5.74, 6) is 0.641. The first-order chi connectivity index (χ1) is 8.04. The Morgan fingerprint density at radius 3 is 2.59 bits per heavy atom. The predicted octanol–water partition coefficient (Wildman–Crippen LogP) is 1.54. The number of aryl methyl sites for hydroxylation is 1. The largest absolute Gasteiger partial charge is 0.475 e. The highest BCUT2D eigenvalue weighted by molar-refractivity contribution is 5.57. The number of nitrogens with zero attached hydrogens (tertiary/aromatic N) is 3. The maximum atomic E-state index is 5.64. The summed E-state index contributed by atoms with van der Waals surface area (Å²) >= 11 is 0. The van der Waals surface area contributed by atoms with Gasteiger partial charge < -0.3 is 10.5 Å².